The maximum atomic E-state index is 12.6. The molecule has 0 spiro atoms. The largest absolute Gasteiger partial charge is 0.455 e. The fraction of sp³-hybridized carbons (Fsp3) is 0.619. The first-order valence-electron chi connectivity index (χ1n) is 9.53. The summed E-state index contributed by atoms with van der Waals surface area (Å²) in [5.74, 6) is 2.27. The zero-order chi connectivity index (χ0) is 17.6. The number of carbonyl (C=O) groups is 2. The van der Waals surface area contributed by atoms with Crippen LogP contribution in [0.5, 0.6) is 0 Å². The third-order valence-corrected chi connectivity index (χ3v) is 6.50. The van der Waals surface area contributed by atoms with Crippen LogP contribution in [0.1, 0.15) is 43.2 Å². The third-order valence-electron chi connectivity index (χ3n) is 6.50. The Hall–Kier alpha value is -1.84. The van der Waals surface area contributed by atoms with Gasteiger partial charge in [-0.3, -0.25) is 9.59 Å². The smallest absolute Gasteiger partial charge is 0.310 e. The van der Waals surface area contributed by atoms with Gasteiger partial charge in [0.15, 0.2) is 6.61 Å². The number of aryl methyl sites for hydroxylation is 2. The molecule has 0 radical (unpaired) electrons. The molecule has 0 unspecified atom stereocenters. The number of anilines is 1. The summed E-state index contributed by atoms with van der Waals surface area (Å²) in [5, 5.41) is 2.84. The van der Waals surface area contributed by atoms with Gasteiger partial charge in [-0.15, -0.1) is 0 Å². The average Bonchev–Trinajstić information content (AvgIpc) is 2.54. The molecule has 1 aromatic carbocycles. The Bertz CT molecular complexity index is 668. The van der Waals surface area contributed by atoms with Crippen molar-refractivity contribution in [1.82, 2.24) is 0 Å². The van der Waals surface area contributed by atoms with Crippen molar-refractivity contribution in [1.29, 1.82) is 0 Å². The highest BCUT2D eigenvalue weighted by Gasteiger charge is 2.51. The lowest BCUT2D eigenvalue weighted by Gasteiger charge is -2.53. The number of benzene rings is 1. The van der Waals surface area contributed by atoms with Crippen LogP contribution in [0, 0.1) is 43.4 Å². The van der Waals surface area contributed by atoms with Crippen LogP contribution >= 0.6 is 0 Å². The lowest BCUT2D eigenvalue weighted by Crippen LogP contribution is -2.48. The Morgan fingerprint density at radius 2 is 1.68 bits per heavy atom. The van der Waals surface area contributed by atoms with Crippen molar-refractivity contribution in [3.8, 4) is 0 Å². The van der Waals surface area contributed by atoms with Crippen LogP contribution in [0.3, 0.4) is 0 Å². The molecule has 0 aromatic heterocycles. The number of amides is 1. The second kappa shape index (κ2) is 6.47. The van der Waals surface area contributed by atoms with Crippen LogP contribution in [-0.4, -0.2) is 18.5 Å². The normalized spacial score (nSPS) is 32.5. The van der Waals surface area contributed by atoms with E-state index < -0.39 is 0 Å². The average molecular weight is 341 g/mol. The van der Waals surface area contributed by atoms with E-state index in [0.29, 0.717) is 11.8 Å². The van der Waals surface area contributed by atoms with E-state index in [1.807, 2.05) is 32.0 Å². The Balaban J connectivity index is 1.32. The van der Waals surface area contributed by atoms with Crippen LogP contribution in [-0.2, 0) is 14.3 Å². The Morgan fingerprint density at radius 1 is 1.04 bits per heavy atom. The van der Waals surface area contributed by atoms with Crippen LogP contribution in [0.25, 0.3) is 0 Å². The molecule has 4 saturated carbocycles. The van der Waals surface area contributed by atoms with Gasteiger partial charge in [-0.05, 0) is 81.3 Å². The highest BCUT2D eigenvalue weighted by Crippen LogP contribution is 2.56. The molecule has 0 aliphatic heterocycles. The molecule has 5 rings (SSSR count). The molecule has 1 aromatic rings. The number of hydrogen-bond acceptors (Lipinski definition) is 3. The molecule has 0 saturated heterocycles. The van der Waals surface area contributed by atoms with Crippen LogP contribution < -0.4 is 5.32 Å². The van der Waals surface area contributed by atoms with Gasteiger partial charge in [-0.2, -0.15) is 0 Å². The van der Waals surface area contributed by atoms with E-state index in [4.69, 9.17) is 4.74 Å². The van der Waals surface area contributed by atoms with E-state index in [1.54, 1.807) is 0 Å². The van der Waals surface area contributed by atoms with E-state index in [1.165, 1.54) is 32.1 Å². The zero-order valence-corrected chi connectivity index (χ0v) is 15.1. The van der Waals surface area contributed by atoms with Crippen molar-refractivity contribution in [3.63, 3.8) is 0 Å². The van der Waals surface area contributed by atoms with Crippen molar-refractivity contribution < 1.29 is 14.3 Å². The molecule has 0 atom stereocenters. The van der Waals surface area contributed by atoms with Gasteiger partial charge < -0.3 is 10.1 Å². The number of carbonyl (C=O) groups excluding carboxylic acids is 2. The maximum Gasteiger partial charge on any atom is 0.310 e. The molecule has 0 heterocycles. The molecule has 1 N–H and O–H groups in total. The van der Waals surface area contributed by atoms with Gasteiger partial charge >= 0.3 is 5.97 Å². The first kappa shape index (κ1) is 16.6. The SMILES string of the molecule is Cc1ccc(NC(=O)COC(=O)C2C3CC4CC(C3)CC2C4)c(C)c1. The number of esters is 1. The monoisotopic (exact) mass is 341 g/mol. The standard InChI is InChI=1S/C21H27NO3/c1-12-3-4-18(13(2)5-12)22-19(23)11-25-21(24)20-16-7-14-6-15(9-16)10-17(20)8-14/h3-5,14-17,20H,6-11H2,1-2H3,(H,22,23). The van der Waals surface area contributed by atoms with Crippen LogP contribution in [0.2, 0.25) is 0 Å². The first-order valence-corrected chi connectivity index (χ1v) is 9.53. The van der Waals surface area contributed by atoms with Gasteiger partial charge in [0.1, 0.15) is 0 Å². The molecule has 4 aliphatic rings. The van der Waals surface area contributed by atoms with Gasteiger partial charge in [-0.1, -0.05) is 17.7 Å². The molecular formula is C21H27NO3. The molecule has 4 bridgehead atoms. The van der Waals surface area contributed by atoms with Crippen LogP contribution in [0.15, 0.2) is 18.2 Å². The minimum Gasteiger partial charge on any atom is -0.455 e. The van der Waals surface area contributed by atoms with E-state index in [-0.39, 0.29) is 24.4 Å². The molecule has 134 valence electrons. The maximum absolute atomic E-state index is 12.6. The molecule has 4 aliphatic carbocycles. The van der Waals surface area contributed by atoms with Gasteiger partial charge in [0, 0.05) is 5.69 Å². The lowest BCUT2D eigenvalue weighted by atomic mass is 9.52. The van der Waals surface area contributed by atoms with Gasteiger partial charge in [-0.25, -0.2) is 0 Å². The molecule has 4 heteroatoms. The quantitative estimate of drug-likeness (QED) is 0.846. The van der Waals surface area contributed by atoms with E-state index in [0.717, 1.165) is 28.7 Å². The van der Waals surface area contributed by atoms with Gasteiger partial charge in [0.05, 0.1) is 5.92 Å². The Morgan fingerprint density at radius 3 is 2.28 bits per heavy atom. The topological polar surface area (TPSA) is 55.4 Å². The number of rotatable bonds is 4. The highest BCUT2D eigenvalue weighted by molar-refractivity contribution is 5.93. The van der Waals surface area contributed by atoms with Gasteiger partial charge in [0.2, 0.25) is 0 Å². The fourth-order valence-corrected chi connectivity index (χ4v) is 5.68. The summed E-state index contributed by atoms with van der Waals surface area (Å²) >= 11 is 0. The second-order valence-electron chi connectivity index (χ2n) is 8.43. The molecular weight excluding hydrogens is 314 g/mol. The first-order chi connectivity index (χ1) is 12.0. The predicted molar refractivity (Wildman–Crippen MR) is 96.0 cm³/mol. The number of ether oxygens (including phenoxy) is 1. The zero-order valence-electron chi connectivity index (χ0n) is 15.1. The fourth-order valence-electron chi connectivity index (χ4n) is 5.68. The molecule has 25 heavy (non-hydrogen) atoms. The summed E-state index contributed by atoms with van der Waals surface area (Å²) in [6.45, 7) is 3.80. The number of hydrogen-bond donors (Lipinski definition) is 1. The van der Waals surface area contributed by atoms with Crippen molar-refractivity contribution >= 4 is 17.6 Å². The Kier molecular flexibility index (Phi) is 4.30. The molecule has 4 nitrogen and oxygen atoms in total. The van der Waals surface area contributed by atoms with Crippen molar-refractivity contribution in [3.05, 3.63) is 29.3 Å². The molecule has 4 fully saturated rings. The second-order valence-corrected chi connectivity index (χ2v) is 8.43. The van der Waals surface area contributed by atoms with Crippen molar-refractivity contribution in [2.75, 3.05) is 11.9 Å². The minimum absolute atomic E-state index is 0.0294. The van der Waals surface area contributed by atoms with Gasteiger partial charge in [0.25, 0.3) is 5.91 Å². The lowest BCUT2D eigenvalue weighted by molar-refractivity contribution is -0.164. The summed E-state index contributed by atoms with van der Waals surface area (Å²) in [6.07, 6.45) is 6.10. The van der Waals surface area contributed by atoms with E-state index in [2.05, 4.69) is 5.32 Å². The van der Waals surface area contributed by atoms with E-state index >= 15 is 0 Å². The summed E-state index contributed by atoms with van der Waals surface area (Å²) in [5.41, 5.74) is 2.95. The van der Waals surface area contributed by atoms with Crippen molar-refractivity contribution in [2.24, 2.45) is 29.6 Å². The van der Waals surface area contributed by atoms with Crippen LogP contribution in [0.4, 0.5) is 5.69 Å². The number of nitrogens with one attached hydrogen (secondary N) is 1. The summed E-state index contributed by atoms with van der Waals surface area (Å²) in [7, 11) is 0. The summed E-state index contributed by atoms with van der Waals surface area (Å²) < 4.78 is 5.41. The predicted octanol–water partition coefficient (Wildman–Crippen LogP) is 3.86. The summed E-state index contributed by atoms with van der Waals surface area (Å²) in [4.78, 5) is 24.8. The third kappa shape index (κ3) is 3.31. The minimum atomic E-state index is -0.260. The van der Waals surface area contributed by atoms with Crippen molar-refractivity contribution in [2.45, 2.75) is 46.0 Å². The van der Waals surface area contributed by atoms with E-state index in [9.17, 15) is 9.59 Å². The summed E-state index contributed by atoms with van der Waals surface area (Å²) in [6, 6.07) is 5.88. The Labute approximate surface area is 149 Å². The molecule has 1 amide bonds. The highest BCUT2D eigenvalue weighted by atomic mass is 16.5.